The third-order valence-electron chi connectivity index (χ3n) is 14.1. The quantitative estimate of drug-likeness (QED) is 0.0261. The molecule has 0 aromatic heterocycles. The van der Waals surface area contributed by atoms with Crippen LogP contribution in [0.2, 0.25) is 0 Å². The summed E-state index contributed by atoms with van der Waals surface area (Å²) in [6.07, 6.45) is 72.9. The van der Waals surface area contributed by atoms with Crippen LogP contribution in [0.25, 0.3) is 0 Å². The largest absolute Gasteiger partial charge is 0.462 e. The number of allylic oxidation sites excluding steroid dienone is 6. The van der Waals surface area contributed by atoms with Crippen LogP contribution in [0.15, 0.2) is 36.5 Å². The highest BCUT2D eigenvalue weighted by atomic mass is 16.6. The summed E-state index contributed by atoms with van der Waals surface area (Å²) in [5, 5.41) is 0. The molecule has 71 heavy (non-hydrogen) atoms. The standard InChI is InChI=1S/C65H120O6/c1-4-7-10-13-16-19-22-25-28-30-31-32-33-34-35-36-38-40-43-46-49-52-55-58-64(67)70-61-62(60-69-63(66)57-54-51-48-45-42-39-27-24-21-18-15-12-9-6-3)71-65(68)59-56-53-50-47-44-41-37-29-26-23-20-17-14-11-8-5-2/h15,18,24,27,29,37,62H,4-14,16-17,19-23,25-26,28,30-36,38-61H2,1-3H3/b18-15-,27-24-,37-29-. The van der Waals surface area contributed by atoms with Gasteiger partial charge >= 0.3 is 17.9 Å². The second-order valence-corrected chi connectivity index (χ2v) is 21.3. The number of esters is 3. The Morgan fingerprint density at radius 3 is 0.831 bits per heavy atom. The van der Waals surface area contributed by atoms with Gasteiger partial charge in [-0.25, -0.2) is 0 Å². The van der Waals surface area contributed by atoms with Crippen LogP contribution in [0, 0.1) is 0 Å². The van der Waals surface area contributed by atoms with E-state index in [1.165, 1.54) is 218 Å². The van der Waals surface area contributed by atoms with E-state index in [0.717, 1.165) is 83.5 Å². The summed E-state index contributed by atoms with van der Waals surface area (Å²) in [7, 11) is 0. The van der Waals surface area contributed by atoms with Crippen molar-refractivity contribution in [2.75, 3.05) is 13.2 Å². The maximum atomic E-state index is 12.9. The van der Waals surface area contributed by atoms with Gasteiger partial charge < -0.3 is 14.2 Å². The van der Waals surface area contributed by atoms with Crippen molar-refractivity contribution >= 4 is 17.9 Å². The molecule has 0 saturated heterocycles. The van der Waals surface area contributed by atoms with Crippen LogP contribution in [0.3, 0.4) is 0 Å². The molecule has 1 atom stereocenters. The Kier molecular flexibility index (Phi) is 58.2. The van der Waals surface area contributed by atoms with Crippen molar-refractivity contribution < 1.29 is 28.6 Å². The normalized spacial score (nSPS) is 12.2. The van der Waals surface area contributed by atoms with Gasteiger partial charge in [-0.2, -0.15) is 0 Å². The first-order valence-electron chi connectivity index (χ1n) is 31.5. The number of carbonyl (C=O) groups is 3. The summed E-state index contributed by atoms with van der Waals surface area (Å²) in [5.41, 5.74) is 0. The molecular formula is C65H120O6. The molecule has 0 amide bonds. The summed E-state index contributed by atoms with van der Waals surface area (Å²) in [6, 6.07) is 0. The Balaban J connectivity index is 4.28. The number of unbranched alkanes of at least 4 members (excludes halogenated alkanes) is 41. The molecule has 0 spiro atoms. The molecule has 0 N–H and O–H groups in total. The first kappa shape index (κ1) is 68.6. The van der Waals surface area contributed by atoms with Gasteiger partial charge in [-0.05, 0) is 70.6 Å². The van der Waals surface area contributed by atoms with Crippen molar-refractivity contribution in [1.82, 2.24) is 0 Å². The van der Waals surface area contributed by atoms with Gasteiger partial charge in [0.1, 0.15) is 13.2 Å². The highest BCUT2D eigenvalue weighted by molar-refractivity contribution is 5.71. The molecule has 6 nitrogen and oxygen atoms in total. The van der Waals surface area contributed by atoms with E-state index >= 15 is 0 Å². The van der Waals surface area contributed by atoms with E-state index in [1.807, 2.05) is 0 Å². The lowest BCUT2D eigenvalue weighted by Gasteiger charge is -2.18. The third kappa shape index (κ3) is 58.4. The predicted octanol–water partition coefficient (Wildman–Crippen LogP) is 21.2. The second-order valence-electron chi connectivity index (χ2n) is 21.3. The van der Waals surface area contributed by atoms with Crippen LogP contribution in [0.1, 0.15) is 342 Å². The number of hydrogen-bond donors (Lipinski definition) is 0. The van der Waals surface area contributed by atoms with Gasteiger partial charge in [0.05, 0.1) is 0 Å². The fourth-order valence-corrected chi connectivity index (χ4v) is 9.34. The average Bonchev–Trinajstić information content (AvgIpc) is 3.37. The van der Waals surface area contributed by atoms with Gasteiger partial charge in [0.2, 0.25) is 0 Å². The highest BCUT2D eigenvalue weighted by Crippen LogP contribution is 2.17. The van der Waals surface area contributed by atoms with E-state index in [4.69, 9.17) is 14.2 Å². The molecule has 0 radical (unpaired) electrons. The van der Waals surface area contributed by atoms with E-state index in [9.17, 15) is 14.4 Å². The second kappa shape index (κ2) is 60.2. The zero-order valence-electron chi connectivity index (χ0n) is 47.8. The fourth-order valence-electron chi connectivity index (χ4n) is 9.34. The Morgan fingerprint density at radius 2 is 0.521 bits per heavy atom. The Morgan fingerprint density at radius 1 is 0.282 bits per heavy atom. The maximum absolute atomic E-state index is 12.9. The van der Waals surface area contributed by atoms with E-state index in [0.29, 0.717) is 19.3 Å². The van der Waals surface area contributed by atoms with E-state index < -0.39 is 6.10 Å². The van der Waals surface area contributed by atoms with Crippen LogP contribution in [-0.4, -0.2) is 37.2 Å². The molecule has 0 aliphatic heterocycles. The van der Waals surface area contributed by atoms with Crippen LogP contribution < -0.4 is 0 Å². The fraction of sp³-hybridized carbons (Fsp3) is 0.862. The molecule has 0 rings (SSSR count). The van der Waals surface area contributed by atoms with Crippen LogP contribution in [-0.2, 0) is 28.6 Å². The average molecular weight is 998 g/mol. The monoisotopic (exact) mass is 997 g/mol. The summed E-state index contributed by atoms with van der Waals surface area (Å²) < 4.78 is 16.9. The zero-order chi connectivity index (χ0) is 51.4. The topological polar surface area (TPSA) is 78.9 Å². The minimum atomic E-state index is -0.780. The SMILES string of the molecule is CCCC/C=C\C/C=C\CCCCCCCC(=O)OCC(COC(=O)CCCCCCCCCCCCCCCCCCCCCCCCC)OC(=O)CCCCCCC/C=C\CCCCCCCCC. The molecule has 0 bridgehead atoms. The summed E-state index contributed by atoms with van der Waals surface area (Å²) in [4.78, 5) is 38.2. The number of ether oxygens (including phenoxy) is 3. The van der Waals surface area contributed by atoms with E-state index in [-0.39, 0.29) is 31.1 Å². The molecule has 416 valence electrons. The van der Waals surface area contributed by atoms with Crippen molar-refractivity contribution in [3.05, 3.63) is 36.5 Å². The van der Waals surface area contributed by atoms with Gasteiger partial charge in [0.15, 0.2) is 6.10 Å². The van der Waals surface area contributed by atoms with Gasteiger partial charge in [0.25, 0.3) is 0 Å². The lowest BCUT2D eigenvalue weighted by Crippen LogP contribution is -2.30. The smallest absolute Gasteiger partial charge is 0.306 e. The number of rotatable bonds is 58. The summed E-state index contributed by atoms with van der Waals surface area (Å²) >= 11 is 0. The zero-order valence-corrected chi connectivity index (χ0v) is 47.8. The lowest BCUT2D eigenvalue weighted by molar-refractivity contribution is -0.167. The first-order valence-corrected chi connectivity index (χ1v) is 31.5. The Hall–Kier alpha value is -2.37. The minimum Gasteiger partial charge on any atom is -0.462 e. The molecule has 0 aliphatic carbocycles. The van der Waals surface area contributed by atoms with Crippen molar-refractivity contribution in [2.45, 2.75) is 348 Å². The molecule has 0 heterocycles. The summed E-state index contributed by atoms with van der Waals surface area (Å²) in [5.74, 6) is -0.878. The van der Waals surface area contributed by atoms with Crippen molar-refractivity contribution in [1.29, 1.82) is 0 Å². The molecule has 0 aromatic rings. The van der Waals surface area contributed by atoms with Gasteiger partial charge in [-0.3, -0.25) is 14.4 Å². The first-order chi connectivity index (χ1) is 35.0. The Labute approximate surface area is 442 Å². The van der Waals surface area contributed by atoms with E-state index in [1.54, 1.807) is 0 Å². The predicted molar refractivity (Wildman–Crippen MR) is 307 cm³/mol. The van der Waals surface area contributed by atoms with Gasteiger partial charge in [-0.1, -0.05) is 288 Å². The molecular weight excluding hydrogens is 877 g/mol. The molecule has 6 heteroatoms. The van der Waals surface area contributed by atoms with Crippen LogP contribution >= 0.6 is 0 Å². The van der Waals surface area contributed by atoms with Crippen molar-refractivity contribution in [2.24, 2.45) is 0 Å². The lowest BCUT2D eigenvalue weighted by atomic mass is 10.0. The van der Waals surface area contributed by atoms with Crippen LogP contribution in [0.5, 0.6) is 0 Å². The molecule has 0 saturated carbocycles. The Bertz CT molecular complexity index is 1190. The van der Waals surface area contributed by atoms with Crippen molar-refractivity contribution in [3.63, 3.8) is 0 Å². The highest BCUT2D eigenvalue weighted by Gasteiger charge is 2.19. The number of hydrogen-bond acceptors (Lipinski definition) is 6. The summed E-state index contributed by atoms with van der Waals surface area (Å²) in [6.45, 7) is 6.63. The maximum Gasteiger partial charge on any atom is 0.306 e. The van der Waals surface area contributed by atoms with Gasteiger partial charge in [-0.15, -0.1) is 0 Å². The molecule has 1 unspecified atom stereocenters. The minimum absolute atomic E-state index is 0.0761. The molecule has 0 fully saturated rings. The van der Waals surface area contributed by atoms with E-state index in [2.05, 4.69) is 57.2 Å². The molecule has 0 aromatic carbocycles. The molecule has 0 aliphatic rings. The van der Waals surface area contributed by atoms with Crippen molar-refractivity contribution in [3.8, 4) is 0 Å². The number of carbonyl (C=O) groups excluding carboxylic acids is 3. The van der Waals surface area contributed by atoms with Gasteiger partial charge in [0, 0.05) is 19.3 Å². The van der Waals surface area contributed by atoms with Crippen LogP contribution in [0.4, 0.5) is 0 Å². The third-order valence-corrected chi connectivity index (χ3v) is 14.1.